The zero-order valence-electron chi connectivity index (χ0n) is 13.0. The molecule has 22 heavy (non-hydrogen) atoms. The molecule has 0 aromatic heterocycles. The first-order valence-corrected chi connectivity index (χ1v) is 7.10. The molecule has 1 atom stereocenters. The first kappa shape index (κ1) is 16.0. The summed E-state index contributed by atoms with van der Waals surface area (Å²) in [5.74, 6) is -1.60. The molecule has 2 amide bonds. The van der Waals surface area contributed by atoms with E-state index in [1.165, 1.54) is 4.90 Å². The van der Waals surface area contributed by atoms with Crippen LogP contribution in [0.4, 0.5) is 5.69 Å². The van der Waals surface area contributed by atoms with Crippen molar-refractivity contribution in [3.05, 3.63) is 29.8 Å². The van der Waals surface area contributed by atoms with E-state index in [4.69, 9.17) is 10.5 Å². The lowest BCUT2D eigenvalue weighted by molar-refractivity contribution is -0.123. The Balaban J connectivity index is 2.20. The Hall–Kier alpha value is -2.37. The Bertz CT molecular complexity index is 619. The molecule has 0 radical (unpaired) electrons. The molecular weight excluding hydrogens is 284 g/mol. The Morgan fingerprint density at radius 3 is 2.55 bits per heavy atom. The average Bonchev–Trinajstić information content (AvgIpc) is 2.79. The third kappa shape index (κ3) is 3.63. The Morgan fingerprint density at radius 2 is 2.00 bits per heavy atom. The van der Waals surface area contributed by atoms with Crippen LogP contribution in [0.15, 0.2) is 24.3 Å². The third-order valence-electron chi connectivity index (χ3n) is 3.32. The predicted molar refractivity (Wildman–Crippen MR) is 81.3 cm³/mol. The van der Waals surface area contributed by atoms with Crippen molar-refractivity contribution in [2.24, 2.45) is 11.7 Å². The molecule has 6 heteroatoms. The molecule has 0 spiro atoms. The summed E-state index contributed by atoms with van der Waals surface area (Å²) in [7, 11) is 0. The van der Waals surface area contributed by atoms with Crippen molar-refractivity contribution in [1.82, 2.24) is 0 Å². The van der Waals surface area contributed by atoms with Crippen LogP contribution in [-0.2, 0) is 14.3 Å². The number of carbonyl (C=O) groups excluding carboxylic acids is 3. The lowest BCUT2D eigenvalue weighted by Gasteiger charge is -2.21. The zero-order valence-corrected chi connectivity index (χ0v) is 13.0. The van der Waals surface area contributed by atoms with E-state index in [1.54, 1.807) is 45.0 Å². The van der Waals surface area contributed by atoms with E-state index in [-0.39, 0.29) is 18.9 Å². The van der Waals surface area contributed by atoms with E-state index in [1.807, 2.05) is 0 Å². The summed E-state index contributed by atoms with van der Waals surface area (Å²) in [6.07, 6.45) is 0.103. The summed E-state index contributed by atoms with van der Waals surface area (Å²) in [5.41, 5.74) is 5.60. The highest BCUT2D eigenvalue weighted by Gasteiger charge is 2.34. The van der Waals surface area contributed by atoms with Gasteiger partial charge < -0.3 is 15.4 Å². The molecule has 0 saturated carbocycles. The number of amides is 2. The van der Waals surface area contributed by atoms with Crippen LogP contribution in [-0.4, -0.2) is 29.9 Å². The topological polar surface area (TPSA) is 89.7 Å². The van der Waals surface area contributed by atoms with Crippen molar-refractivity contribution in [3.63, 3.8) is 0 Å². The fourth-order valence-corrected chi connectivity index (χ4v) is 2.29. The number of benzene rings is 1. The molecular formula is C16H20N2O4. The molecule has 2 N–H and O–H groups in total. The summed E-state index contributed by atoms with van der Waals surface area (Å²) < 4.78 is 5.31. The summed E-state index contributed by atoms with van der Waals surface area (Å²) in [5, 5.41) is 0. The summed E-state index contributed by atoms with van der Waals surface area (Å²) in [4.78, 5) is 36.8. The van der Waals surface area contributed by atoms with Crippen LogP contribution >= 0.6 is 0 Å². The number of esters is 1. The molecule has 2 rings (SSSR count). The van der Waals surface area contributed by atoms with Crippen LogP contribution in [0, 0.1) is 5.92 Å². The second-order valence-electron chi connectivity index (χ2n) is 6.36. The van der Waals surface area contributed by atoms with Crippen molar-refractivity contribution in [1.29, 1.82) is 0 Å². The number of carbonyl (C=O) groups is 3. The maximum absolute atomic E-state index is 12.1. The highest BCUT2D eigenvalue weighted by Crippen LogP contribution is 2.26. The fraction of sp³-hybridized carbons (Fsp3) is 0.438. The second kappa shape index (κ2) is 5.79. The van der Waals surface area contributed by atoms with Gasteiger partial charge in [0.05, 0.1) is 11.5 Å². The van der Waals surface area contributed by atoms with Crippen LogP contribution in [0.25, 0.3) is 0 Å². The number of nitrogens with zero attached hydrogens (tertiary/aromatic N) is 1. The van der Waals surface area contributed by atoms with Gasteiger partial charge in [-0.1, -0.05) is 6.07 Å². The first-order valence-electron chi connectivity index (χ1n) is 7.10. The van der Waals surface area contributed by atoms with Crippen LogP contribution in [0.5, 0.6) is 0 Å². The average molecular weight is 304 g/mol. The van der Waals surface area contributed by atoms with Gasteiger partial charge in [0.1, 0.15) is 5.60 Å². The number of hydrogen-bond acceptors (Lipinski definition) is 4. The smallest absolute Gasteiger partial charge is 0.338 e. The number of ether oxygens (including phenoxy) is 1. The lowest BCUT2D eigenvalue weighted by atomic mass is 10.1. The standard InChI is InChI=1S/C16H20N2O4/c1-16(2,3)22-15(21)10-5-4-6-12(7-10)18-9-11(14(17)20)8-13(18)19/h4-7,11H,8-9H2,1-3H3,(H2,17,20). The monoisotopic (exact) mass is 304 g/mol. The summed E-state index contributed by atoms with van der Waals surface area (Å²) in [6, 6.07) is 6.62. The number of primary amides is 1. The zero-order chi connectivity index (χ0) is 16.5. The van der Waals surface area contributed by atoms with Gasteiger partial charge in [-0.2, -0.15) is 0 Å². The molecule has 6 nitrogen and oxygen atoms in total. The summed E-state index contributed by atoms with van der Waals surface area (Å²) in [6.45, 7) is 5.61. The molecule has 1 heterocycles. The van der Waals surface area contributed by atoms with Gasteiger partial charge in [-0.05, 0) is 39.0 Å². The minimum Gasteiger partial charge on any atom is -0.456 e. The quantitative estimate of drug-likeness (QED) is 0.856. The van der Waals surface area contributed by atoms with Crippen molar-refractivity contribution in [2.45, 2.75) is 32.8 Å². The number of nitrogens with two attached hydrogens (primary N) is 1. The number of rotatable bonds is 3. The predicted octanol–water partition coefficient (Wildman–Crippen LogP) is 1.48. The highest BCUT2D eigenvalue weighted by atomic mass is 16.6. The van der Waals surface area contributed by atoms with Crippen molar-refractivity contribution < 1.29 is 19.1 Å². The third-order valence-corrected chi connectivity index (χ3v) is 3.32. The van der Waals surface area contributed by atoms with Crippen molar-refractivity contribution >= 4 is 23.5 Å². The van der Waals surface area contributed by atoms with Gasteiger partial charge in [-0.25, -0.2) is 4.79 Å². The molecule has 0 aliphatic carbocycles. The molecule has 1 saturated heterocycles. The molecule has 118 valence electrons. The highest BCUT2D eigenvalue weighted by molar-refractivity contribution is 6.01. The van der Waals surface area contributed by atoms with Crippen molar-refractivity contribution in [3.8, 4) is 0 Å². The molecule has 0 bridgehead atoms. The van der Waals surface area contributed by atoms with E-state index in [9.17, 15) is 14.4 Å². The molecule has 1 aromatic carbocycles. The van der Waals surface area contributed by atoms with Gasteiger partial charge in [-0.15, -0.1) is 0 Å². The van der Waals surface area contributed by atoms with Crippen LogP contribution in [0.3, 0.4) is 0 Å². The maximum atomic E-state index is 12.1. The van der Waals surface area contributed by atoms with E-state index < -0.39 is 23.4 Å². The van der Waals surface area contributed by atoms with Crippen LogP contribution < -0.4 is 10.6 Å². The molecule has 1 fully saturated rings. The van der Waals surface area contributed by atoms with Gasteiger partial charge in [0.2, 0.25) is 11.8 Å². The van der Waals surface area contributed by atoms with Gasteiger partial charge in [0.15, 0.2) is 0 Å². The Morgan fingerprint density at radius 1 is 1.32 bits per heavy atom. The maximum Gasteiger partial charge on any atom is 0.338 e. The van der Waals surface area contributed by atoms with Gasteiger partial charge >= 0.3 is 5.97 Å². The minimum atomic E-state index is -0.590. The van der Waals surface area contributed by atoms with Gasteiger partial charge in [0, 0.05) is 18.7 Å². The Labute approximate surface area is 129 Å². The largest absolute Gasteiger partial charge is 0.456 e. The normalized spacial score (nSPS) is 18.4. The molecule has 1 aliphatic rings. The lowest BCUT2D eigenvalue weighted by Crippen LogP contribution is -2.28. The van der Waals surface area contributed by atoms with E-state index in [0.29, 0.717) is 11.3 Å². The van der Waals surface area contributed by atoms with E-state index >= 15 is 0 Å². The van der Waals surface area contributed by atoms with Crippen LogP contribution in [0.1, 0.15) is 37.6 Å². The first-order chi connectivity index (χ1) is 10.2. The number of hydrogen-bond donors (Lipinski definition) is 1. The van der Waals surface area contributed by atoms with E-state index in [2.05, 4.69) is 0 Å². The van der Waals surface area contributed by atoms with Gasteiger partial charge in [-0.3, -0.25) is 9.59 Å². The minimum absolute atomic E-state index is 0.103. The fourth-order valence-electron chi connectivity index (χ4n) is 2.29. The van der Waals surface area contributed by atoms with Crippen LogP contribution in [0.2, 0.25) is 0 Å². The van der Waals surface area contributed by atoms with E-state index in [0.717, 1.165) is 0 Å². The Kier molecular flexibility index (Phi) is 4.21. The molecule has 1 aliphatic heterocycles. The van der Waals surface area contributed by atoms with Gasteiger partial charge in [0.25, 0.3) is 0 Å². The molecule has 1 unspecified atom stereocenters. The number of anilines is 1. The molecule has 1 aromatic rings. The second-order valence-corrected chi connectivity index (χ2v) is 6.36. The van der Waals surface area contributed by atoms with Crippen molar-refractivity contribution in [2.75, 3.05) is 11.4 Å². The summed E-state index contributed by atoms with van der Waals surface area (Å²) >= 11 is 0. The SMILES string of the molecule is CC(C)(C)OC(=O)c1cccc(N2CC(C(N)=O)CC2=O)c1.